The molecule has 8 atom stereocenters. The van der Waals surface area contributed by atoms with Crippen molar-refractivity contribution in [3.63, 3.8) is 0 Å². The second-order valence-electron chi connectivity index (χ2n) is 8.86. The van der Waals surface area contributed by atoms with E-state index in [1.165, 1.54) is 18.4 Å². The molecular formula is C22H30Cl2HfSi. The quantitative estimate of drug-likeness (QED) is 0.422. The average Bonchev–Trinajstić information content (AvgIpc) is 3.19. The zero-order chi connectivity index (χ0) is 16.3. The van der Waals surface area contributed by atoms with Gasteiger partial charge in [-0.3, -0.25) is 0 Å². The number of hydrogen-bond acceptors (Lipinski definition) is 0. The molecule has 0 nitrogen and oxygen atoms in total. The molecule has 0 aromatic rings. The van der Waals surface area contributed by atoms with E-state index in [4.69, 9.17) is 0 Å². The molecule has 0 N–H and O–H groups in total. The van der Waals surface area contributed by atoms with Gasteiger partial charge in [0, 0.05) is 0 Å². The third-order valence-corrected chi connectivity index (χ3v) is 26.1. The molecule has 8 unspecified atom stereocenters. The van der Waals surface area contributed by atoms with Crippen LogP contribution in [0.5, 0.6) is 0 Å². The van der Waals surface area contributed by atoms with E-state index < -0.39 is 31.0 Å². The first-order valence-corrected chi connectivity index (χ1v) is 17.0. The Kier molecular flexibility index (Phi) is 6.70. The summed E-state index contributed by atoms with van der Waals surface area (Å²) in [5.41, 5.74) is 2.38. The van der Waals surface area contributed by atoms with Crippen LogP contribution in [0.3, 0.4) is 0 Å². The van der Waals surface area contributed by atoms with E-state index in [0.29, 0.717) is 0 Å². The maximum atomic E-state index is 2.64. The zero-order valence-electron chi connectivity index (χ0n) is 15.8. The van der Waals surface area contributed by atoms with Crippen LogP contribution in [0.4, 0.5) is 0 Å². The number of fused-ring (bicyclic) bond motifs is 6. The molecule has 4 aliphatic carbocycles. The predicted molar refractivity (Wildman–Crippen MR) is 101 cm³/mol. The number of hydrogen-bond donors (Lipinski definition) is 0. The van der Waals surface area contributed by atoms with Gasteiger partial charge in [0.15, 0.2) is 0 Å². The van der Waals surface area contributed by atoms with Crippen molar-refractivity contribution in [1.82, 2.24) is 0 Å². The van der Waals surface area contributed by atoms with Crippen LogP contribution in [0.15, 0.2) is 48.6 Å². The van der Waals surface area contributed by atoms with Crippen molar-refractivity contribution in [2.75, 3.05) is 0 Å². The van der Waals surface area contributed by atoms with E-state index in [1.807, 2.05) is 0 Å². The van der Waals surface area contributed by atoms with Gasteiger partial charge >= 0.3 is 160 Å². The van der Waals surface area contributed by atoms with Crippen molar-refractivity contribution in [2.24, 2.45) is 23.7 Å². The van der Waals surface area contributed by atoms with E-state index in [9.17, 15) is 0 Å². The topological polar surface area (TPSA) is 0 Å². The smallest absolute Gasteiger partial charge is 1.00 e. The molecule has 1 aliphatic heterocycles. The maximum Gasteiger partial charge on any atom is -1.00 e. The van der Waals surface area contributed by atoms with Gasteiger partial charge in [0.25, 0.3) is 0 Å². The van der Waals surface area contributed by atoms with Gasteiger partial charge < -0.3 is 24.8 Å². The van der Waals surface area contributed by atoms with Crippen molar-refractivity contribution < 1.29 is 47.7 Å². The fourth-order valence-electron chi connectivity index (χ4n) is 7.44. The summed E-state index contributed by atoms with van der Waals surface area (Å²) in [5.74, 6) is 3.74. The standard InChI is InChI=1S/C22H30Si.2ClH.Hf/c1-3-23(4-2,21-13-17-9-5-6-10-18(17)14-21)22-15-19-11-7-8-12-20(19)16-22;;;/h5-13,15,17-22H,3-4,14,16H2,1-2H3;2*1H;/q;;;+2/p-2. The summed E-state index contributed by atoms with van der Waals surface area (Å²) in [7, 11) is -1.15. The van der Waals surface area contributed by atoms with E-state index in [1.54, 1.807) is 24.9 Å². The molecule has 0 aromatic heterocycles. The fourth-order valence-corrected chi connectivity index (χ4v) is 31.1. The monoisotopic (exact) mass is 572 g/mol. The molecule has 3 fully saturated rings. The molecule has 26 heavy (non-hydrogen) atoms. The average molecular weight is 572 g/mol. The molecule has 140 valence electrons. The van der Waals surface area contributed by atoms with Crippen molar-refractivity contribution in [3.8, 4) is 0 Å². The SMILES string of the molecule is CC[Si]1(CC)C2CC3C=CC=CC3[CH]2[Hf+2][CH]2C3C=CC=CC3CC21.[Cl-].[Cl-]. The number of rotatable bonds is 2. The van der Waals surface area contributed by atoms with Crippen LogP contribution in [0.2, 0.25) is 30.5 Å². The van der Waals surface area contributed by atoms with Crippen LogP contribution in [-0.2, 0) is 22.9 Å². The summed E-state index contributed by atoms with van der Waals surface area (Å²) in [6, 6.07) is 3.13. The predicted octanol–water partition coefficient (Wildman–Crippen LogP) is 0.421. The summed E-state index contributed by atoms with van der Waals surface area (Å²) in [5, 5.41) is 0. The van der Waals surface area contributed by atoms with Crippen LogP contribution in [0.25, 0.3) is 0 Å². The van der Waals surface area contributed by atoms with Gasteiger partial charge in [0.1, 0.15) is 0 Å². The summed E-state index contributed by atoms with van der Waals surface area (Å²) in [6.07, 6.45) is 23.0. The van der Waals surface area contributed by atoms with E-state index >= 15 is 0 Å². The summed E-state index contributed by atoms with van der Waals surface area (Å²) in [4.78, 5) is 0. The van der Waals surface area contributed by atoms with Crippen LogP contribution < -0.4 is 24.8 Å². The number of halogens is 2. The Morgan fingerprint density at radius 1 is 0.731 bits per heavy atom. The van der Waals surface area contributed by atoms with Crippen LogP contribution in [0, 0.1) is 23.7 Å². The summed E-state index contributed by atoms with van der Waals surface area (Å²) < 4.78 is 2.39. The molecule has 5 aliphatic rings. The van der Waals surface area contributed by atoms with Crippen molar-refractivity contribution >= 4 is 8.07 Å². The largest absolute Gasteiger partial charge is 1.00 e. The third kappa shape index (κ3) is 2.92. The Balaban J connectivity index is 0.000000980. The van der Waals surface area contributed by atoms with Gasteiger partial charge in [-0.15, -0.1) is 0 Å². The van der Waals surface area contributed by atoms with Crippen LogP contribution in [0.1, 0.15) is 26.7 Å². The first-order valence-electron chi connectivity index (χ1n) is 10.2. The molecule has 0 amide bonds. The molecule has 0 spiro atoms. The van der Waals surface area contributed by atoms with Crippen molar-refractivity contribution in [1.29, 1.82) is 0 Å². The normalized spacial score (nSPS) is 45.2. The van der Waals surface area contributed by atoms with Crippen molar-refractivity contribution in [3.05, 3.63) is 48.6 Å². The van der Waals surface area contributed by atoms with Gasteiger partial charge in [0.05, 0.1) is 0 Å². The fraction of sp³-hybridized carbons (Fsp3) is 0.636. The van der Waals surface area contributed by atoms with Crippen LogP contribution >= 0.6 is 0 Å². The Morgan fingerprint density at radius 3 is 1.58 bits per heavy atom. The number of allylic oxidation sites excluding steroid dienone is 8. The Labute approximate surface area is 184 Å². The van der Waals surface area contributed by atoms with Gasteiger partial charge in [-0.05, 0) is 0 Å². The zero-order valence-corrected chi connectivity index (χ0v) is 21.9. The van der Waals surface area contributed by atoms with Crippen LogP contribution in [-0.4, -0.2) is 8.07 Å². The molecule has 0 aromatic carbocycles. The van der Waals surface area contributed by atoms with E-state index in [-0.39, 0.29) is 24.8 Å². The van der Waals surface area contributed by atoms with Gasteiger partial charge in [-0.25, -0.2) is 0 Å². The first kappa shape index (κ1) is 21.3. The Bertz CT molecular complexity index is 586. The maximum absolute atomic E-state index is 2.64. The molecule has 0 radical (unpaired) electrons. The minimum Gasteiger partial charge on any atom is -1.00 e. The molecule has 1 heterocycles. The summed E-state index contributed by atoms with van der Waals surface area (Å²) in [6.45, 7) is 5.18. The molecule has 5 rings (SSSR count). The van der Waals surface area contributed by atoms with Gasteiger partial charge in [-0.2, -0.15) is 0 Å². The van der Waals surface area contributed by atoms with E-state index in [2.05, 4.69) is 62.5 Å². The van der Waals surface area contributed by atoms with E-state index in [0.717, 1.165) is 23.7 Å². The first-order chi connectivity index (χ1) is 11.8. The molecular weight excluding hydrogens is 542 g/mol. The molecule has 2 saturated carbocycles. The Hall–Kier alpha value is 0.627. The second kappa shape index (κ2) is 8.17. The minimum atomic E-state index is -1.15. The third-order valence-electron chi connectivity index (χ3n) is 8.52. The van der Waals surface area contributed by atoms with Gasteiger partial charge in [-0.1, -0.05) is 0 Å². The van der Waals surface area contributed by atoms with Crippen molar-refractivity contribution in [2.45, 2.75) is 57.2 Å². The molecule has 0 bridgehead atoms. The van der Waals surface area contributed by atoms with Gasteiger partial charge in [0.2, 0.25) is 0 Å². The molecule has 1 saturated heterocycles. The minimum absolute atomic E-state index is 0. The molecule has 4 heteroatoms. The summed E-state index contributed by atoms with van der Waals surface area (Å²) >= 11 is -0.595. The Morgan fingerprint density at radius 2 is 1.15 bits per heavy atom. The second-order valence-corrected chi connectivity index (χ2v) is 20.2.